The van der Waals surface area contributed by atoms with Crippen LogP contribution >= 0.6 is 22.7 Å². The molecule has 0 radical (unpaired) electrons. The quantitative estimate of drug-likeness (QED) is 0.722. The van der Waals surface area contributed by atoms with E-state index in [-0.39, 0.29) is 4.21 Å². The van der Waals surface area contributed by atoms with Gasteiger partial charge in [-0.25, -0.2) is 0 Å². The van der Waals surface area contributed by atoms with E-state index in [1.165, 1.54) is 22.7 Å². The van der Waals surface area contributed by atoms with Crippen LogP contribution in [0.4, 0.5) is 0 Å². The van der Waals surface area contributed by atoms with Crippen LogP contribution in [0.5, 0.6) is 0 Å². The van der Waals surface area contributed by atoms with Gasteiger partial charge in [0.05, 0.1) is 5.69 Å². The molecule has 3 rings (SSSR count). The van der Waals surface area contributed by atoms with Crippen molar-refractivity contribution in [2.45, 2.75) is 17.7 Å². The summed E-state index contributed by atoms with van der Waals surface area (Å²) >= 11 is 2.52. The first kappa shape index (κ1) is 15.2. The van der Waals surface area contributed by atoms with Crippen LogP contribution in [0.3, 0.4) is 0 Å². The predicted octanol–water partition coefficient (Wildman–Crippen LogP) is 3.59. The van der Waals surface area contributed by atoms with Gasteiger partial charge in [0.15, 0.2) is 0 Å². The number of benzene rings is 1. The molecule has 0 aliphatic carbocycles. The highest BCUT2D eigenvalue weighted by molar-refractivity contribution is 7.92. The molecule has 0 saturated heterocycles. The van der Waals surface area contributed by atoms with Crippen LogP contribution in [0.25, 0.3) is 11.3 Å². The molecule has 0 N–H and O–H groups in total. The van der Waals surface area contributed by atoms with Gasteiger partial charge in [-0.1, -0.05) is 36.4 Å². The molecule has 0 fully saturated rings. The molecular weight excluding hydrogens is 336 g/mol. The van der Waals surface area contributed by atoms with E-state index < -0.39 is 10.0 Å². The van der Waals surface area contributed by atoms with Gasteiger partial charge in [0.1, 0.15) is 4.21 Å². The zero-order valence-corrected chi connectivity index (χ0v) is 14.3. The number of thiazole rings is 1. The summed E-state index contributed by atoms with van der Waals surface area (Å²) in [7, 11) is -3.64. The van der Waals surface area contributed by atoms with Crippen molar-refractivity contribution < 1.29 is 8.42 Å². The third-order valence-electron chi connectivity index (χ3n) is 3.13. The lowest BCUT2D eigenvalue weighted by molar-refractivity contribution is 0.597. The molecule has 0 spiro atoms. The summed E-state index contributed by atoms with van der Waals surface area (Å²) in [6.07, 6.45) is 0. The van der Waals surface area contributed by atoms with E-state index in [9.17, 15) is 8.42 Å². The molecule has 0 aliphatic rings. The molecule has 114 valence electrons. The molecule has 7 heteroatoms. The second-order valence-electron chi connectivity index (χ2n) is 4.51. The highest BCUT2D eigenvalue weighted by atomic mass is 32.2. The van der Waals surface area contributed by atoms with Gasteiger partial charge in [-0.3, -0.25) is 0 Å². The average molecular weight is 350 g/mol. The fraction of sp³-hybridized carbons (Fsp3) is 0.133. The zero-order chi connectivity index (χ0) is 15.6. The molecule has 0 unspecified atom stereocenters. The maximum absolute atomic E-state index is 12.3. The molecule has 4 nitrogen and oxygen atoms in total. The third kappa shape index (κ3) is 2.92. The Balaban J connectivity index is 2.14. The molecule has 2 heterocycles. The van der Waals surface area contributed by atoms with Crippen LogP contribution in [0.1, 0.15) is 6.92 Å². The first-order valence-electron chi connectivity index (χ1n) is 6.70. The smallest absolute Gasteiger partial charge is 0.294 e. The number of hydrogen-bond donors (Lipinski definition) is 0. The summed E-state index contributed by atoms with van der Waals surface area (Å²) in [5, 5.41) is 3.68. The predicted molar refractivity (Wildman–Crippen MR) is 90.5 cm³/mol. The van der Waals surface area contributed by atoms with Crippen LogP contribution in [-0.2, 0) is 16.6 Å². The number of hydrogen-bond acceptors (Lipinski definition) is 4. The number of nitrogens with zero attached hydrogens (tertiary/aromatic N) is 2. The van der Waals surface area contributed by atoms with Crippen molar-refractivity contribution in [2.75, 3.05) is 0 Å². The van der Waals surface area contributed by atoms with Gasteiger partial charge in [0, 0.05) is 11.9 Å². The first-order chi connectivity index (χ1) is 10.6. The summed E-state index contributed by atoms with van der Waals surface area (Å²) < 4.78 is 30.8. The minimum atomic E-state index is -3.64. The molecule has 2 aromatic heterocycles. The normalized spacial score (nSPS) is 12.7. The summed E-state index contributed by atoms with van der Waals surface area (Å²) in [5.74, 6) is 0. The third-order valence-corrected chi connectivity index (χ3v) is 6.75. The fourth-order valence-electron chi connectivity index (χ4n) is 2.11. The Kier molecular flexibility index (Phi) is 4.28. The van der Waals surface area contributed by atoms with E-state index in [1.807, 2.05) is 47.2 Å². The van der Waals surface area contributed by atoms with Gasteiger partial charge >= 0.3 is 0 Å². The Labute approximate surface area is 137 Å². The van der Waals surface area contributed by atoms with E-state index in [0.717, 1.165) is 11.3 Å². The Hall–Kier alpha value is -1.70. The standard InChI is InChI=1S/C15H14N2O2S3/c1-2-17-13(12-7-4-3-5-8-12)11-21-15(17)16-22(18,19)14-9-6-10-20-14/h3-11H,2H2,1H3. The van der Waals surface area contributed by atoms with E-state index >= 15 is 0 Å². The molecule has 0 saturated carbocycles. The molecule has 0 atom stereocenters. The monoisotopic (exact) mass is 350 g/mol. The van der Waals surface area contributed by atoms with Crippen LogP contribution in [0.2, 0.25) is 0 Å². The molecule has 3 aromatic rings. The topological polar surface area (TPSA) is 51.4 Å². The molecular formula is C15H14N2O2S3. The van der Waals surface area contributed by atoms with Crippen molar-refractivity contribution in [1.82, 2.24) is 4.57 Å². The molecule has 0 amide bonds. The van der Waals surface area contributed by atoms with Gasteiger partial charge in [0.2, 0.25) is 4.80 Å². The second-order valence-corrected chi connectivity index (χ2v) is 8.13. The van der Waals surface area contributed by atoms with Gasteiger partial charge in [-0.2, -0.15) is 8.42 Å². The Morgan fingerprint density at radius 2 is 1.86 bits per heavy atom. The summed E-state index contributed by atoms with van der Waals surface area (Å²) in [5.41, 5.74) is 2.03. The average Bonchev–Trinajstić information content (AvgIpc) is 3.17. The fourth-order valence-corrected chi connectivity index (χ4v) is 5.27. The van der Waals surface area contributed by atoms with Crippen molar-refractivity contribution in [3.63, 3.8) is 0 Å². The van der Waals surface area contributed by atoms with Gasteiger partial charge < -0.3 is 4.57 Å². The van der Waals surface area contributed by atoms with E-state index in [0.29, 0.717) is 11.3 Å². The van der Waals surface area contributed by atoms with Crippen molar-refractivity contribution in [3.05, 3.63) is 58.0 Å². The molecule has 1 aromatic carbocycles. The molecule has 22 heavy (non-hydrogen) atoms. The lowest BCUT2D eigenvalue weighted by atomic mass is 10.2. The lowest BCUT2D eigenvalue weighted by Crippen LogP contribution is -2.17. The first-order valence-corrected chi connectivity index (χ1v) is 9.90. The minimum absolute atomic E-state index is 0.268. The zero-order valence-electron chi connectivity index (χ0n) is 11.8. The maximum atomic E-state index is 12.3. The second kappa shape index (κ2) is 6.20. The van der Waals surface area contributed by atoms with Crippen LogP contribution in [-0.4, -0.2) is 13.0 Å². The lowest BCUT2D eigenvalue weighted by Gasteiger charge is -2.05. The van der Waals surface area contributed by atoms with Crippen molar-refractivity contribution in [1.29, 1.82) is 0 Å². The number of aromatic nitrogens is 1. The SMILES string of the molecule is CCn1c(-c2ccccc2)csc1=NS(=O)(=O)c1cccs1. The van der Waals surface area contributed by atoms with Crippen LogP contribution in [0, 0.1) is 0 Å². The minimum Gasteiger partial charge on any atom is -0.316 e. The Morgan fingerprint density at radius 1 is 1.09 bits per heavy atom. The maximum Gasteiger partial charge on any atom is 0.294 e. The largest absolute Gasteiger partial charge is 0.316 e. The van der Waals surface area contributed by atoms with E-state index in [1.54, 1.807) is 17.5 Å². The van der Waals surface area contributed by atoms with Gasteiger partial charge in [-0.15, -0.1) is 27.1 Å². The van der Waals surface area contributed by atoms with Crippen molar-refractivity contribution >= 4 is 32.7 Å². The highest BCUT2D eigenvalue weighted by Gasteiger charge is 2.15. The number of sulfonamides is 1. The summed E-state index contributed by atoms with van der Waals surface area (Å²) in [6.45, 7) is 2.64. The number of thiophene rings is 1. The summed E-state index contributed by atoms with van der Waals surface area (Å²) in [6, 6.07) is 13.2. The van der Waals surface area contributed by atoms with E-state index in [2.05, 4.69) is 4.40 Å². The van der Waals surface area contributed by atoms with Crippen molar-refractivity contribution in [2.24, 2.45) is 4.40 Å². The molecule has 0 bridgehead atoms. The van der Waals surface area contributed by atoms with Crippen LogP contribution < -0.4 is 4.80 Å². The Morgan fingerprint density at radius 3 is 2.50 bits per heavy atom. The Bertz CT molecular complexity index is 921. The van der Waals surface area contributed by atoms with Crippen LogP contribution in [0.15, 0.2) is 61.8 Å². The number of rotatable bonds is 4. The van der Waals surface area contributed by atoms with E-state index in [4.69, 9.17) is 0 Å². The summed E-state index contributed by atoms with van der Waals surface area (Å²) in [4.78, 5) is 0.495. The molecule has 0 aliphatic heterocycles. The van der Waals surface area contributed by atoms with Crippen molar-refractivity contribution in [3.8, 4) is 11.3 Å². The highest BCUT2D eigenvalue weighted by Crippen LogP contribution is 2.21. The van der Waals surface area contributed by atoms with Gasteiger partial charge in [-0.05, 0) is 23.9 Å². The van der Waals surface area contributed by atoms with Gasteiger partial charge in [0.25, 0.3) is 10.0 Å².